The number of carbonyl (C=O) groups excluding carboxylic acids is 2. The number of amides is 2. The molecule has 2 N–H and O–H groups in total. The number of aliphatic carboxylic acids is 1. The number of β-lactam (4-membered cyclic amide) rings is 1. The number of rotatable bonds is 7. The number of nitrogens with zero attached hydrogens (tertiary/aromatic N) is 2. The Balaban J connectivity index is 1.36. The third-order valence-electron chi connectivity index (χ3n) is 5.71. The van der Waals surface area contributed by atoms with Crippen LogP contribution in [0.5, 0.6) is 0 Å². The fourth-order valence-electron chi connectivity index (χ4n) is 4.09. The van der Waals surface area contributed by atoms with Crippen LogP contribution >= 0.6 is 23.5 Å². The Morgan fingerprint density at radius 2 is 1.77 bits per heavy atom. The van der Waals surface area contributed by atoms with Gasteiger partial charge in [0.1, 0.15) is 17.1 Å². The summed E-state index contributed by atoms with van der Waals surface area (Å²) in [4.78, 5) is 44.9. The molecule has 2 aliphatic heterocycles. The molecule has 2 atom stereocenters. The van der Waals surface area contributed by atoms with Crippen molar-refractivity contribution in [3.05, 3.63) is 95.2 Å². The third kappa shape index (κ3) is 4.69. The minimum absolute atomic E-state index is 0.0276. The number of thioether (sulfide) groups is 2. The van der Waals surface area contributed by atoms with Crippen LogP contribution in [0, 0.1) is 0 Å². The molecule has 0 spiro atoms. The molecule has 1 fully saturated rings. The average Bonchev–Trinajstić information content (AvgIpc) is 2.88. The zero-order valence-electron chi connectivity index (χ0n) is 18.5. The molecular formula is C26H21N3O4S2. The summed E-state index contributed by atoms with van der Waals surface area (Å²) < 4.78 is 0. The standard InChI is InChI=1S/C26H21N3O4S2/c30-20(14-16-8-3-1-4-9-16)28-22-24(31)29-23(26(32)33)19(15-34-25(22)29)35-18-12-7-13-27-21(18)17-10-5-2-6-11-17/h1-13,22,25H,14-15H2,(H,28,30)(H,32,33)/t22-,25-/m1/s1. The molecule has 0 bridgehead atoms. The highest BCUT2D eigenvalue weighted by molar-refractivity contribution is 8.06. The fourth-order valence-corrected chi connectivity index (χ4v) is 6.69. The molecule has 5 rings (SSSR count). The molecule has 176 valence electrons. The second-order valence-electron chi connectivity index (χ2n) is 8.01. The highest BCUT2D eigenvalue weighted by atomic mass is 32.2. The smallest absolute Gasteiger partial charge is 0.353 e. The molecule has 3 aromatic rings. The Hall–Kier alpha value is -3.56. The van der Waals surface area contributed by atoms with Crippen molar-refractivity contribution in [2.24, 2.45) is 0 Å². The van der Waals surface area contributed by atoms with E-state index in [-0.39, 0.29) is 18.0 Å². The highest BCUT2D eigenvalue weighted by Gasteiger charge is 2.54. The van der Waals surface area contributed by atoms with Gasteiger partial charge in [0.25, 0.3) is 5.91 Å². The molecule has 0 unspecified atom stereocenters. The van der Waals surface area contributed by atoms with E-state index in [2.05, 4.69) is 10.3 Å². The normalized spacial score (nSPS) is 19.1. The summed E-state index contributed by atoms with van der Waals surface area (Å²) in [6.45, 7) is 0. The summed E-state index contributed by atoms with van der Waals surface area (Å²) in [7, 11) is 0. The lowest BCUT2D eigenvalue weighted by Gasteiger charge is -2.49. The maximum absolute atomic E-state index is 13.0. The van der Waals surface area contributed by atoms with Crippen LogP contribution in [0.3, 0.4) is 0 Å². The van der Waals surface area contributed by atoms with E-state index in [9.17, 15) is 19.5 Å². The molecule has 35 heavy (non-hydrogen) atoms. The van der Waals surface area contributed by atoms with E-state index in [1.807, 2.05) is 72.8 Å². The number of pyridine rings is 1. The quantitative estimate of drug-likeness (QED) is 0.474. The van der Waals surface area contributed by atoms with Crippen molar-refractivity contribution in [1.29, 1.82) is 0 Å². The number of fused-ring (bicyclic) bond motifs is 1. The molecule has 7 nitrogen and oxygen atoms in total. The van der Waals surface area contributed by atoms with E-state index in [0.717, 1.165) is 21.7 Å². The van der Waals surface area contributed by atoms with Gasteiger partial charge in [-0.15, -0.1) is 11.8 Å². The van der Waals surface area contributed by atoms with Gasteiger partial charge >= 0.3 is 5.97 Å². The van der Waals surface area contributed by atoms with Crippen LogP contribution in [0.15, 0.2) is 94.5 Å². The second-order valence-corrected chi connectivity index (χ2v) is 10.3. The van der Waals surface area contributed by atoms with Crippen molar-refractivity contribution in [3.8, 4) is 11.3 Å². The molecule has 1 saturated heterocycles. The molecular weight excluding hydrogens is 482 g/mol. The molecule has 2 amide bonds. The molecule has 9 heteroatoms. The highest BCUT2D eigenvalue weighted by Crippen LogP contribution is 2.46. The first-order valence-electron chi connectivity index (χ1n) is 11.0. The number of aromatic nitrogens is 1. The summed E-state index contributed by atoms with van der Waals surface area (Å²) in [5, 5.41) is 12.3. The van der Waals surface area contributed by atoms with Gasteiger partial charge in [0.05, 0.1) is 12.1 Å². The first kappa shape index (κ1) is 23.2. The van der Waals surface area contributed by atoms with Crippen LogP contribution in [-0.2, 0) is 20.8 Å². The van der Waals surface area contributed by atoms with E-state index in [0.29, 0.717) is 10.7 Å². The lowest BCUT2D eigenvalue weighted by atomic mass is 10.0. The number of carboxylic acid groups (broad SMARTS) is 1. The first-order valence-corrected chi connectivity index (χ1v) is 12.8. The molecule has 2 aliphatic rings. The summed E-state index contributed by atoms with van der Waals surface area (Å²) in [6, 6.07) is 21.9. The molecule has 1 aromatic heterocycles. The van der Waals surface area contributed by atoms with E-state index >= 15 is 0 Å². The number of carboxylic acids is 1. The third-order valence-corrected chi connectivity index (χ3v) is 8.31. The van der Waals surface area contributed by atoms with Gasteiger partial charge < -0.3 is 10.4 Å². The van der Waals surface area contributed by atoms with E-state index < -0.39 is 23.3 Å². The molecule has 2 aromatic carbocycles. The van der Waals surface area contributed by atoms with Gasteiger partial charge in [-0.3, -0.25) is 19.5 Å². The Bertz CT molecular complexity index is 1310. The number of hydrogen-bond donors (Lipinski definition) is 2. The predicted molar refractivity (Wildman–Crippen MR) is 135 cm³/mol. The summed E-state index contributed by atoms with van der Waals surface area (Å²) in [5.41, 5.74) is 2.50. The largest absolute Gasteiger partial charge is 0.477 e. The minimum atomic E-state index is -1.16. The van der Waals surface area contributed by atoms with Crippen LogP contribution in [0.4, 0.5) is 0 Å². The van der Waals surface area contributed by atoms with Crippen molar-refractivity contribution in [3.63, 3.8) is 0 Å². The Morgan fingerprint density at radius 1 is 1.06 bits per heavy atom. The summed E-state index contributed by atoms with van der Waals surface area (Å²) in [5.74, 6) is -1.42. The van der Waals surface area contributed by atoms with Gasteiger partial charge in [0, 0.05) is 27.3 Å². The average molecular weight is 504 g/mol. The monoisotopic (exact) mass is 503 g/mol. The molecule has 0 aliphatic carbocycles. The van der Waals surface area contributed by atoms with Crippen LogP contribution in [0.25, 0.3) is 11.3 Å². The van der Waals surface area contributed by atoms with Gasteiger partial charge in [0.2, 0.25) is 5.91 Å². The Kier molecular flexibility index (Phi) is 6.61. The van der Waals surface area contributed by atoms with E-state index in [1.54, 1.807) is 6.20 Å². The second kappa shape index (κ2) is 9.97. The van der Waals surface area contributed by atoms with Crippen molar-refractivity contribution >= 4 is 41.3 Å². The number of carbonyl (C=O) groups is 3. The zero-order valence-corrected chi connectivity index (χ0v) is 20.1. The van der Waals surface area contributed by atoms with Crippen LogP contribution in [0.1, 0.15) is 5.56 Å². The van der Waals surface area contributed by atoms with Crippen LogP contribution in [0.2, 0.25) is 0 Å². The lowest BCUT2D eigenvalue weighted by Crippen LogP contribution is -2.70. The van der Waals surface area contributed by atoms with Crippen molar-refractivity contribution < 1.29 is 19.5 Å². The van der Waals surface area contributed by atoms with Gasteiger partial charge in [-0.2, -0.15) is 0 Å². The zero-order chi connectivity index (χ0) is 24.4. The summed E-state index contributed by atoms with van der Waals surface area (Å²) in [6.07, 6.45) is 1.86. The first-order chi connectivity index (χ1) is 17.0. The Labute approximate surface area is 210 Å². The van der Waals surface area contributed by atoms with Gasteiger partial charge in [0.15, 0.2) is 0 Å². The number of nitrogens with one attached hydrogen (secondary N) is 1. The maximum atomic E-state index is 13.0. The SMILES string of the molecule is O=C(Cc1ccccc1)N[C@@H]1C(=O)N2C(C(=O)O)=C(Sc3cccnc3-c3ccccc3)CS[C@H]12. The number of benzene rings is 2. The topological polar surface area (TPSA) is 99.6 Å². The van der Waals surface area contributed by atoms with Gasteiger partial charge in [-0.05, 0) is 17.7 Å². The minimum Gasteiger partial charge on any atom is -0.477 e. The maximum Gasteiger partial charge on any atom is 0.353 e. The van der Waals surface area contributed by atoms with Crippen molar-refractivity contribution in [1.82, 2.24) is 15.2 Å². The van der Waals surface area contributed by atoms with E-state index in [1.165, 1.54) is 28.4 Å². The fraction of sp³-hybridized carbons (Fsp3) is 0.154. The molecule has 3 heterocycles. The lowest BCUT2D eigenvalue weighted by molar-refractivity contribution is -0.150. The predicted octanol–water partition coefficient (Wildman–Crippen LogP) is 3.78. The van der Waals surface area contributed by atoms with E-state index in [4.69, 9.17) is 0 Å². The van der Waals surface area contributed by atoms with Crippen LogP contribution in [-0.4, -0.2) is 49.9 Å². The van der Waals surface area contributed by atoms with Crippen LogP contribution < -0.4 is 5.32 Å². The Morgan fingerprint density at radius 3 is 2.49 bits per heavy atom. The summed E-state index contributed by atoms with van der Waals surface area (Å²) >= 11 is 2.77. The molecule has 0 saturated carbocycles. The number of hydrogen-bond acceptors (Lipinski definition) is 6. The molecule has 0 radical (unpaired) electrons. The van der Waals surface area contributed by atoms with Gasteiger partial charge in [-0.25, -0.2) is 4.79 Å². The van der Waals surface area contributed by atoms with Crippen molar-refractivity contribution in [2.75, 3.05) is 5.75 Å². The van der Waals surface area contributed by atoms with Gasteiger partial charge in [-0.1, -0.05) is 72.4 Å². The van der Waals surface area contributed by atoms with Crippen molar-refractivity contribution in [2.45, 2.75) is 22.7 Å².